The maximum Gasteiger partial charge on any atom is 0.243 e. The minimum Gasteiger partial charge on any atom is -0.352 e. The molecule has 0 aliphatic heterocycles. The second-order valence-electron chi connectivity index (χ2n) is 8.85. The molecular weight excluding hydrogens is 455 g/mol. The molecule has 2 aromatic carbocycles. The number of rotatable bonds is 10. The number of hydrogen-bond donors (Lipinski definition) is 1. The average Bonchev–Trinajstić information content (AvgIpc) is 3.33. The molecule has 1 atom stereocenters. The van der Waals surface area contributed by atoms with Crippen LogP contribution in [-0.4, -0.2) is 28.8 Å². The van der Waals surface area contributed by atoms with Crippen molar-refractivity contribution < 1.29 is 9.59 Å². The lowest BCUT2D eigenvalue weighted by atomic mass is 10.0. The van der Waals surface area contributed by atoms with E-state index in [4.69, 9.17) is 23.2 Å². The first-order valence-corrected chi connectivity index (χ1v) is 12.8. The highest BCUT2D eigenvalue weighted by molar-refractivity contribution is 6.42. The molecule has 1 aliphatic rings. The van der Waals surface area contributed by atoms with E-state index in [0.717, 1.165) is 43.2 Å². The van der Waals surface area contributed by atoms with Gasteiger partial charge in [-0.2, -0.15) is 0 Å². The van der Waals surface area contributed by atoms with Crippen LogP contribution in [-0.2, 0) is 29.0 Å². The highest BCUT2D eigenvalue weighted by Crippen LogP contribution is 2.25. The van der Waals surface area contributed by atoms with Gasteiger partial charge in [0, 0.05) is 19.0 Å². The standard InChI is InChI=1S/C27H34Cl2N2O2/c1-3-19-9-11-20(12-10-19)14-16-26(32)31(18-21-13-15-23(28)24(29)17-21)25(4-2)27(33)30-22-7-5-6-8-22/h9-13,15,17,22,25H,3-8,14,16,18H2,1-2H3,(H,30,33). The van der Waals surface area contributed by atoms with E-state index in [9.17, 15) is 9.59 Å². The lowest BCUT2D eigenvalue weighted by Crippen LogP contribution is -2.51. The molecule has 0 heterocycles. The lowest BCUT2D eigenvalue weighted by molar-refractivity contribution is -0.141. The molecule has 1 fully saturated rings. The first kappa shape index (κ1) is 25.6. The van der Waals surface area contributed by atoms with Gasteiger partial charge in [-0.3, -0.25) is 9.59 Å². The summed E-state index contributed by atoms with van der Waals surface area (Å²) in [6.45, 7) is 4.40. The van der Waals surface area contributed by atoms with Gasteiger partial charge in [0.25, 0.3) is 0 Å². The van der Waals surface area contributed by atoms with Crippen molar-refractivity contribution >= 4 is 35.0 Å². The van der Waals surface area contributed by atoms with Gasteiger partial charge in [-0.05, 0) is 60.9 Å². The maximum absolute atomic E-state index is 13.4. The Balaban J connectivity index is 1.76. The Morgan fingerprint density at radius 2 is 1.61 bits per heavy atom. The summed E-state index contributed by atoms with van der Waals surface area (Å²) in [6.07, 6.45) is 6.84. The fourth-order valence-electron chi connectivity index (χ4n) is 4.46. The summed E-state index contributed by atoms with van der Waals surface area (Å²) in [6, 6.07) is 13.4. The van der Waals surface area contributed by atoms with Gasteiger partial charge < -0.3 is 10.2 Å². The zero-order valence-corrected chi connectivity index (χ0v) is 21.1. The second kappa shape index (κ2) is 12.4. The lowest BCUT2D eigenvalue weighted by Gasteiger charge is -2.31. The first-order chi connectivity index (χ1) is 15.9. The van der Waals surface area contributed by atoms with E-state index >= 15 is 0 Å². The Kier molecular flexibility index (Phi) is 9.64. The monoisotopic (exact) mass is 488 g/mol. The molecule has 1 aliphatic carbocycles. The highest BCUT2D eigenvalue weighted by Gasteiger charge is 2.30. The third-order valence-corrected chi connectivity index (χ3v) is 7.22. The summed E-state index contributed by atoms with van der Waals surface area (Å²) in [5.41, 5.74) is 3.26. The molecule has 178 valence electrons. The molecule has 2 amide bonds. The van der Waals surface area contributed by atoms with E-state index in [-0.39, 0.29) is 17.9 Å². The van der Waals surface area contributed by atoms with Gasteiger partial charge in [-0.15, -0.1) is 0 Å². The molecule has 2 aromatic rings. The van der Waals surface area contributed by atoms with Crippen LogP contribution in [0.3, 0.4) is 0 Å². The van der Waals surface area contributed by atoms with Crippen molar-refractivity contribution in [1.82, 2.24) is 10.2 Å². The van der Waals surface area contributed by atoms with Crippen LogP contribution >= 0.6 is 23.2 Å². The van der Waals surface area contributed by atoms with Gasteiger partial charge >= 0.3 is 0 Å². The predicted octanol–water partition coefficient (Wildman–Crippen LogP) is 6.35. The summed E-state index contributed by atoms with van der Waals surface area (Å²) in [4.78, 5) is 28.3. The highest BCUT2D eigenvalue weighted by atomic mass is 35.5. The topological polar surface area (TPSA) is 49.4 Å². The number of aryl methyl sites for hydroxylation is 2. The molecule has 1 saturated carbocycles. The van der Waals surface area contributed by atoms with Crippen LogP contribution in [0.4, 0.5) is 0 Å². The van der Waals surface area contributed by atoms with Crippen LogP contribution in [0.5, 0.6) is 0 Å². The summed E-state index contributed by atoms with van der Waals surface area (Å²) < 4.78 is 0. The number of amides is 2. The Morgan fingerprint density at radius 3 is 2.21 bits per heavy atom. The molecule has 6 heteroatoms. The van der Waals surface area contributed by atoms with Crippen LogP contribution in [0.2, 0.25) is 10.0 Å². The molecule has 1 N–H and O–H groups in total. The smallest absolute Gasteiger partial charge is 0.243 e. The van der Waals surface area contributed by atoms with E-state index in [1.807, 2.05) is 13.0 Å². The number of benzene rings is 2. The quantitative estimate of drug-likeness (QED) is 0.423. The van der Waals surface area contributed by atoms with Crippen molar-refractivity contribution in [3.8, 4) is 0 Å². The van der Waals surface area contributed by atoms with Crippen molar-refractivity contribution in [2.45, 2.75) is 83.8 Å². The number of nitrogens with zero attached hydrogens (tertiary/aromatic N) is 1. The van der Waals surface area contributed by atoms with E-state index < -0.39 is 6.04 Å². The van der Waals surface area contributed by atoms with E-state index in [0.29, 0.717) is 35.9 Å². The minimum atomic E-state index is -0.518. The van der Waals surface area contributed by atoms with Crippen molar-refractivity contribution in [2.75, 3.05) is 0 Å². The van der Waals surface area contributed by atoms with Gasteiger partial charge in [-0.25, -0.2) is 0 Å². The molecule has 0 saturated heterocycles. The summed E-state index contributed by atoms with van der Waals surface area (Å²) in [7, 11) is 0. The molecule has 4 nitrogen and oxygen atoms in total. The maximum atomic E-state index is 13.4. The fraction of sp³-hybridized carbons (Fsp3) is 0.481. The Labute approximate surface area is 207 Å². The van der Waals surface area contributed by atoms with Crippen molar-refractivity contribution in [1.29, 1.82) is 0 Å². The predicted molar refractivity (Wildman–Crippen MR) is 136 cm³/mol. The average molecular weight is 489 g/mol. The molecule has 3 rings (SSSR count). The van der Waals surface area contributed by atoms with Gasteiger partial charge in [0.2, 0.25) is 11.8 Å². The van der Waals surface area contributed by atoms with Crippen molar-refractivity contribution in [3.05, 3.63) is 69.2 Å². The normalized spacial score (nSPS) is 14.8. The fourth-order valence-corrected chi connectivity index (χ4v) is 4.78. The summed E-state index contributed by atoms with van der Waals surface area (Å²) in [5, 5.41) is 4.10. The van der Waals surface area contributed by atoms with Gasteiger partial charge in [0.1, 0.15) is 6.04 Å². The first-order valence-electron chi connectivity index (χ1n) is 12.0. The van der Waals surface area contributed by atoms with Crippen LogP contribution < -0.4 is 5.32 Å². The molecule has 0 radical (unpaired) electrons. The van der Waals surface area contributed by atoms with E-state index in [1.165, 1.54) is 5.56 Å². The third-order valence-electron chi connectivity index (χ3n) is 6.48. The van der Waals surface area contributed by atoms with Gasteiger partial charge in [0.05, 0.1) is 10.0 Å². The molecule has 0 bridgehead atoms. The Hall–Kier alpha value is -2.04. The number of halogens is 2. The second-order valence-corrected chi connectivity index (χ2v) is 9.67. The van der Waals surface area contributed by atoms with Crippen LogP contribution in [0.1, 0.15) is 69.1 Å². The van der Waals surface area contributed by atoms with Gasteiger partial charge in [-0.1, -0.05) is 80.2 Å². The number of nitrogens with one attached hydrogen (secondary N) is 1. The number of hydrogen-bond acceptors (Lipinski definition) is 2. The van der Waals surface area contributed by atoms with Crippen LogP contribution in [0.25, 0.3) is 0 Å². The summed E-state index contributed by atoms with van der Waals surface area (Å²) >= 11 is 12.3. The number of carbonyl (C=O) groups is 2. The Morgan fingerprint density at radius 1 is 0.970 bits per heavy atom. The molecule has 33 heavy (non-hydrogen) atoms. The van der Waals surface area contributed by atoms with Crippen LogP contribution in [0.15, 0.2) is 42.5 Å². The molecule has 0 aromatic heterocycles. The Bertz CT molecular complexity index is 940. The molecule has 1 unspecified atom stereocenters. The van der Waals surface area contributed by atoms with E-state index in [2.05, 4.69) is 36.5 Å². The van der Waals surface area contributed by atoms with Crippen molar-refractivity contribution in [2.24, 2.45) is 0 Å². The van der Waals surface area contributed by atoms with E-state index in [1.54, 1.807) is 17.0 Å². The molecular formula is C27H34Cl2N2O2. The largest absolute Gasteiger partial charge is 0.352 e. The van der Waals surface area contributed by atoms with Crippen molar-refractivity contribution in [3.63, 3.8) is 0 Å². The zero-order chi connectivity index (χ0) is 23.8. The van der Waals surface area contributed by atoms with Crippen LogP contribution in [0, 0.1) is 0 Å². The van der Waals surface area contributed by atoms with Gasteiger partial charge in [0.15, 0.2) is 0 Å². The summed E-state index contributed by atoms with van der Waals surface area (Å²) in [5.74, 6) is -0.0980. The molecule has 0 spiro atoms. The zero-order valence-electron chi connectivity index (χ0n) is 19.6. The SMILES string of the molecule is CCc1ccc(CCC(=O)N(Cc2ccc(Cl)c(Cl)c2)C(CC)C(=O)NC2CCCC2)cc1. The third kappa shape index (κ3) is 7.22. The minimum absolute atomic E-state index is 0.0333. The number of carbonyl (C=O) groups excluding carboxylic acids is 2.